The first-order valence-electron chi connectivity index (χ1n) is 2.66. The number of hydrogen-bond acceptors (Lipinski definition) is 2. The van der Waals surface area contributed by atoms with Gasteiger partial charge in [-0.15, -0.1) is 17.0 Å². The van der Waals surface area contributed by atoms with Gasteiger partial charge in [0.25, 0.3) is 0 Å². The zero-order chi connectivity index (χ0) is 7.65. The van der Waals surface area contributed by atoms with Crippen LogP contribution < -0.4 is 5.73 Å². The molecule has 10 heavy (non-hydrogen) atoms. The van der Waals surface area contributed by atoms with E-state index in [1.807, 2.05) is 0 Å². The van der Waals surface area contributed by atoms with Crippen LogP contribution >= 0.6 is 24.6 Å². The summed E-state index contributed by atoms with van der Waals surface area (Å²) < 4.78 is 10.3. The van der Waals surface area contributed by atoms with Gasteiger partial charge in [0.2, 0.25) is 0 Å². The Bertz CT molecular complexity index is 134. The summed E-state index contributed by atoms with van der Waals surface area (Å²) in [6, 6.07) is 0. The molecule has 1 unspecified atom stereocenters. The molecule has 0 aliphatic heterocycles. The van der Waals surface area contributed by atoms with Crippen molar-refractivity contribution in [2.75, 3.05) is 0 Å². The Labute approximate surface area is 70.7 Å². The average Bonchev–Trinajstić information content (AvgIpc) is 1.62. The second kappa shape index (κ2) is 4.46. The molecule has 4 N–H and O–H groups in total. The van der Waals surface area contributed by atoms with Crippen LogP contribution in [0.2, 0.25) is 0 Å². The summed E-state index contributed by atoms with van der Waals surface area (Å²) in [4.78, 5) is 16.9. The first-order chi connectivity index (χ1) is 3.85. The maximum Gasteiger partial charge on any atom is 0.342 e. The largest absolute Gasteiger partial charge is 0.342 e. The second-order valence-electron chi connectivity index (χ2n) is 2.32. The van der Waals surface area contributed by atoms with Crippen molar-refractivity contribution >= 4 is 24.6 Å². The molecule has 1 atom stereocenters. The van der Waals surface area contributed by atoms with Crippen molar-refractivity contribution < 1.29 is 14.4 Å². The molecule has 0 rings (SSSR count). The van der Waals surface area contributed by atoms with Gasteiger partial charge in [-0.05, 0) is 5.92 Å². The number of hydrogen-bond donors (Lipinski definition) is 3. The van der Waals surface area contributed by atoms with Crippen LogP contribution in [0, 0.1) is 5.92 Å². The smallest absolute Gasteiger partial charge is 0.323 e. The standard InChI is InChI=1S/C4H12NO3P.BrH/c1-3(2)4(5)9(6,7)8;/h3-4H,5H2,1-2H3,(H2,6,7,8);1H. The van der Waals surface area contributed by atoms with E-state index in [4.69, 9.17) is 15.5 Å². The quantitative estimate of drug-likeness (QED) is 0.613. The van der Waals surface area contributed by atoms with Gasteiger partial charge in [0, 0.05) is 0 Å². The average molecular weight is 234 g/mol. The van der Waals surface area contributed by atoms with Crippen molar-refractivity contribution in [3.8, 4) is 0 Å². The Hall–Kier alpha value is 0.590. The monoisotopic (exact) mass is 233 g/mol. The summed E-state index contributed by atoms with van der Waals surface area (Å²) in [6.07, 6.45) is 0. The van der Waals surface area contributed by atoms with E-state index in [0.717, 1.165) is 0 Å². The third kappa shape index (κ3) is 4.41. The van der Waals surface area contributed by atoms with E-state index in [1.165, 1.54) is 0 Å². The highest BCUT2D eigenvalue weighted by Crippen LogP contribution is 2.41. The molecular formula is C4H13BrNO3P. The summed E-state index contributed by atoms with van der Waals surface area (Å²) in [5, 5.41) is 0. The van der Waals surface area contributed by atoms with E-state index < -0.39 is 13.4 Å². The van der Waals surface area contributed by atoms with E-state index in [2.05, 4.69) is 0 Å². The van der Waals surface area contributed by atoms with Gasteiger partial charge in [0.15, 0.2) is 0 Å². The lowest BCUT2D eigenvalue weighted by molar-refractivity contribution is 0.343. The van der Waals surface area contributed by atoms with Crippen molar-refractivity contribution in [1.82, 2.24) is 0 Å². The third-order valence-electron chi connectivity index (χ3n) is 1.07. The topological polar surface area (TPSA) is 83.6 Å². The van der Waals surface area contributed by atoms with Gasteiger partial charge in [-0.2, -0.15) is 0 Å². The maximum atomic E-state index is 10.3. The molecular weight excluding hydrogens is 221 g/mol. The first kappa shape index (κ1) is 13.2. The predicted octanol–water partition coefficient (Wildman–Crippen LogP) is 0.683. The summed E-state index contributed by atoms with van der Waals surface area (Å²) in [5.74, 6) is -1.19. The molecule has 0 bridgehead atoms. The Kier molecular flexibility index (Phi) is 5.89. The summed E-state index contributed by atoms with van der Waals surface area (Å²) in [6.45, 7) is 3.34. The van der Waals surface area contributed by atoms with Gasteiger partial charge < -0.3 is 15.5 Å². The molecule has 0 aromatic rings. The molecule has 0 fully saturated rings. The maximum absolute atomic E-state index is 10.3. The highest BCUT2D eigenvalue weighted by Gasteiger charge is 2.26. The molecule has 0 aliphatic carbocycles. The Balaban J connectivity index is 0. The van der Waals surface area contributed by atoms with Crippen LogP contribution in [0.4, 0.5) is 0 Å². The third-order valence-corrected chi connectivity index (χ3v) is 2.44. The van der Waals surface area contributed by atoms with Crippen LogP contribution in [0.15, 0.2) is 0 Å². The minimum absolute atomic E-state index is 0. The van der Waals surface area contributed by atoms with Gasteiger partial charge >= 0.3 is 7.60 Å². The SMILES string of the molecule is Br.CC(C)C(N)P(=O)(O)O. The predicted molar refractivity (Wildman–Crippen MR) is 45.2 cm³/mol. The lowest BCUT2D eigenvalue weighted by Crippen LogP contribution is -2.25. The van der Waals surface area contributed by atoms with Gasteiger partial charge in [-0.1, -0.05) is 13.8 Å². The fourth-order valence-corrected chi connectivity index (χ4v) is 1.17. The second-order valence-corrected chi connectivity index (χ2v) is 4.10. The lowest BCUT2D eigenvalue weighted by atomic mass is 10.2. The fraction of sp³-hybridized carbons (Fsp3) is 1.00. The Morgan fingerprint density at radius 2 is 1.70 bits per heavy atom. The molecule has 4 nitrogen and oxygen atoms in total. The van der Waals surface area contributed by atoms with Crippen LogP contribution in [0.25, 0.3) is 0 Å². The van der Waals surface area contributed by atoms with Gasteiger partial charge in [-0.25, -0.2) is 0 Å². The van der Waals surface area contributed by atoms with E-state index in [-0.39, 0.29) is 22.9 Å². The number of nitrogens with two attached hydrogens (primary N) is 1. The van der Waals surface area contributed by atoms with Crippen molar-refractivity contribution in [3.05, 3.63) is 0 Å². The normalized spacial score (nSPS) is 14.6. The van der Waals surface area contributed by atoms with Crippen LogP contribution in [0.1, 0.15) is 13.8 Å². The molecule has 0 heterocycles. The fourth-order valence-electron chi connectivity index (χ4n) is 0.388. The molecule has 0 aliphatic rings. The van der Waals surface area contributed by atoms with Crippen LogP contribution in [0.3, 0.4) is 0 Å². The number of rotatable bonds is 2. The molecule has 0 aromatic carbocycles. The van der Waals surface area contributed by atoms with Crippen molar-refractivity contribution in [2.24, 2.45) is 11.7 Å². The molecule has 6 heteroatoms. The molecule has 0 saturated carbocycles. The molecule has 0 amide bonds. The minimum atomic E-state index is -4.04. The van der Waals surface area contributed by atoms with E-state index in [1.54, 1.807) is 13.8 Å². The highest BCUT2D eigenvalue weighted by atomic mass is 79.9. The lowest BCUT2D eigenvalue weighted by Gasteiger charge is -2.15. The first-order valence-corrected chi connectivity index (χ1v) is 4.34. The highest BCUT2D eigenvalue weighted by molar-refractivity contribution is 8.93. The van der Waals surface area contributed by atoms with Gasteiger partial charge in [0.05, 0.1) is 0 Å². The zero-order valence-electron chi connectivity index (χ0n) is 5.89. The van der Waals surface area contributed by atoms with Crippen LogP contribution in [-0.2, 0) is 4.57 Å². The molecule has 64 valence electrons. The van der Waals surface area contributed by atoms with Crippen molar-refractivity contribution in [1.29, 1.82) is 0 Å². The van der Waals surface area contributed by atoms with Crippen LogP contribution in [0.5, 0.6) is 0 Å². The number of halogens is 1. The molecule has 0 aromatic heterocycles. The van der Waals surface area contributed by atoms with Crippen molar-refractivity contribution in [3.63, 3.8) is 0 Å². The molecule has 0 saturated heterocycles. The molecule has 0 radical (unpaired) electrons. The van der Waals surface area contributed by atoms with Crippen molar-refractivity contribution in [2.45, 2.75) is 19.6 Å². The van der Waals surface area contributed by atoms with E-state index >= 15 is 0 Å². The van der Waals surface area contributed by atoms with E-state index in [9.17, 15) is 4.57 Å². The van der Waals surface area contributed by atoms with Crippen LogP contribution in [-0.4, -0.2) is 15.6 Å². The van der Waals surface area contributed by atoms with Gasteiger partial charge in [0.1, 0.15) is 5.78 Å². The summed E-state index contributed by atoms with van der Waals surface area (Å²) in [7, 11) is -4.04. The Morgan fingerprint density at radius 3 is 1.70 bits per heavy atom. The Morgan fingerprint density at radius 1 is 1.40 bits per heavy atom. The minimum Gasteiger partial charge on any atom is -0.323 e. The summed E-state index contributed by atoms with van der Waals surface area (Å²) in [5.41, 5.74) is 5.13. The zero-order valence-corrected chi connectivity index (χ0v) is 8.50. The molecule has 0 spiro atoms. The van der Waals surface area contributed by atoms with Gasteiger partial charge in [-0.3, -0.25) is 4.57 Å². The summed E-state index contributed by atoms with van der Waals surface area (Å²) >= 11 is 0. The van der Waals surface area contributed by atoms with E-state index in [0.29, 0.717) is 0 Å².